The van der Waals surface area contributed by atoms with Crippen LogP contribution in [0, 0.1) is 0 Å². The van der Waals surface area contributed by atoms with Gasteiger partial charge in [0.25, 0.3) is 5.91 Å². The van der Waals surface area contributed by atoms with E-state index in [1.807, 2.05) is 12.2 Å². The van der Waals surface area contributed by atoms with Crippen LogP contribution in [0.3, 0.4) is 0 Å². The first-order chi connectivity index (χ1) is 11.0. The number of carbonyl (C=O) groups excluding carboxylic acids is 1. The highest BCUT2D eigenvalue weighted by molar-refractivity contribution is 5.95. The Kier molecular flexibility index (Phi) is 5.63. The molecule has 1 aromatic rings. The van der Waals surface area contributed by atoms with Gasteiger partial charge in [0, 0.05) is 16.7 Å². The molecule has 1 aromatic carbocycles. The molecule has 0 heterocycles. The number of nitrogens with two attached hydrogens (primary N) is 2. The van der Waals surface area contributed by atoms with E-state index in [9.17, 15) is 4.79 Å². The summed E-state index contributed by atoms with van der Waals surface area (Å²) in [5, 5.41) is 0. The number of nitrogens with one attached hydrogen (secondary N) is 1. The molecule has 0 radical (unpaired) electrons. The highest BCUT2D eigenvalue weighted by atomic mass is 16.5. The van der Waals surface area contributed by atoms with Gasteiger partial charge in [0.1, 0.15) is 0 Å². The van der Waals surface area contributed by atoms with Crippen LogP contribution < -0.4 is 26.5 Å². The number of rotatable bonds is 5. The van der Waals surface area contributed by atoms with Crippen molar-refractivity contribution in [3.8, 4) is 11.5 Å². The Labute approximate surface area is 136 Å². The van der Waals surface area contributed by atoms with Crippen LogP contribution in [-0.2, 0) is 0 Å². The predicted molar refractivity (Wildman–Crippen MR) is 90.2 cm³/mol. The Morgan fingerprint density at radius 1 is 1.22 bits per heavy atom. The number of methoxy groups -OCH3 is 2. The summed E-state index contributed by atoms with van der Waals surface area (Å²) < 4.78 is 10.7. The van der Waals surface area contributed by atoms with Crippen molar-refractivity contribution in [2.75, 3.05) is 14.2 Å². The smallest absolute Gasteiger partial charge is 0.265 e. The summed E-state index contributed by atoms with van der Waals surface area (Å²) in [6.45, 7) is 0. The van der Waals surface area contributed by atoms with Crippen molar-refractivity contribution in [2.45, 2.75) is 37.6 Å². The zero-order valence-electron chi connectivity index (χ0n) is 13.7. The molecule has 1 aliphatic rings. The fourth-order valence-electron chi connectivity index (χ4n) is 2.96. The lowest BCUT2D eigenvalue weighted by molar-refractivity contribution is 0.0953. The van der Waals surface area contributed by atoms with Gasteiger partial charge < -0.3 is 15.2 Å². The molecular weight excluding hydrogens is 294 g/mol. The summed E-state index contributed by atoms with van der Waals surface area (Å²) in [4.78, 5) is 11.8. The minimum atomic E-state index is -0.388. The third-order valence-electron chi connectivity index (χ3n) is 4.28. The van der Waals surface area contributed by atoms with E-state index in [-0.39, 0.29) is 11.4 Å². The number of carbonyl (C=O) groups is 1. The van der Waals surface area contributed by atoms with Crippen LogP contribution in [0.1, 0.15) is 48.0 Å². The number of amides is 1. The fourth-order valence-corrected chi connectivity index (χ4v) is 2.96. The normalized spacial score (nSPS) is 17.0. The van der Waals surface area contributed by atoms with Crippen LogP contribution in [0.2, 0.25) is 0 Å². The van der Waals surface area contributed by atoms with E-state index < -0.39 is 0 Å². The van der Waals surface area contributed by atoms with Crippen LogP contribution in [0.15, 0.2) is 18.2 Å². The molecule has 1 aliphatic carbocycles. The Morgan fingerprint density at radius 2 is 1.91 bits per heavy atom. The molecule has 126 valence electrons. The van der Waals surface area contributed by atoms with Crippen LogP contribution in [0.25, 0.3) is 6.08 Å². The average molecular weight is 319 g/mol. The van der Waals surface area contributed by atoms with Crippen LogP contribution >= 0.6 is 0 Å². The lowest BCUT2D eigenvalue weighted by Crippen LogP contribution is -2.39. The van der Waals surface area contributed by atoms with Gasteiger partial charge in [-0.1, -0.05) is 31.4 Å². The highest BCUT2D eigenvalue weighted by Crippen LogP contribution is 2.35. The molecule has 0 spiro atoms. The predicted octanol–water partition coefficient (Wildman–Crippen LogP) is 1.98. The topological polar surface area (TPSA) is 99.6 Å². The molecular formula is C17H25N3O3. The molecule has 1 amide bonds. The van der Waals surface area contributed by atoms with E-state index in [2.05, 4.69) is 5.43 Å². The number of nitrogen functional groups attached to an aromatic ring is 1. The molecule has 23 heavy (non-hydrogen) atoms. The minimum Gasteiger partial charge on any atom is -0.493 e. The zero-order valence-corrected chi connectivity index (χ0v) is 13.7. The maximum absolute atomic E-state index is 11.8. The molecule has 1 saturated carbocycles. The van der Waals surface area contributed by atoms with E-state index >= 15 is 0 Å². The van der Waals surface area contributed by atoms with Crippen LogP contribution in [0.4, 0.5) is 0 Å². The van der Waals surface area contributed by atoms with Crippen molar-refractivity contribution in [3.05, 3.63) is 29.3 Å². The number of hydrogen-bond acceptors (Lipinski definition) is 5. The van der Waals surface area contributed by atoms with Crippen molar-refractivity contribution in [1.29, 1.82) is 0 Å². The van der Waals surface area contributed by atoms with Crippen molar-refractivity contribution in [3.63, 3.8) is 0 Å². The number of hydrogen-bond donors (Lipinski definition) is 3. The Hall–Kier alpha value is -2.05. The molecule has 6 nitrogen and oxygen atoms in total. The molecule has 0 aliphatic heterocycles. The SMILES string of the molecule is COc1cc(C(=O)NN)cc(C=CC2(N)CCCCC2)c1OC. The van der Waals surface area contributed by atoms with Crippen LogP contribution in [0.5, 0.6) is 11.5 Å². The van der Waals surface area contributed by atoms with Gasteiger partial charge in [-0.15, -0.1) is 0 Å². The van der Waals surface area contributed by atoms with Crippen molar-refractivity contribution >= 4 is 12.0 Å². The van der Waals surface area contributed by atoms with Gasteiger partial charge in [-0.3, -0.25) is 10.2 Å². The highest BCUT2D eigenvalue weighted by Gasteiger charge is 2.24. The number of benzene rings is 1. The summed E-state index contributed by atoms with van der Waals surface area (Å²) >= 11 is 0. The van der Waals surface area contributed by atoms with Gasteiger partial charge in [0.2, 0.25) is 0 Å². The molecule has 5 N–H and O–H groups in total. The van der Waals surface area contributed by atoms with E-state index in [0.29, 0.717) is 17.1 Å². The summed E-state index contributed by atoms with van der Waals surface area (Å²) in [5.74, 6) is 5.87. The molecule has 0 aromatic heterocycles. The first-order valence-corrected chi connectivity index (χ1v) is 7.78. The van der Waals surface area contributed by atoms with Gasteiger partial charge in [0.05, 0.1) is 14.2 Å². The summed E-state index contributed by atoms with van der Waals surface area (Å²) in [7, 11) is 3.09. The Bertz CT molecular complexity index is 593. The summed E-state index contributed by atoms with van der Waals surface area (Å²) in [5.41, 5.74) is 9.40. The maximum atomic E-state index is 11.8. The molecule has 0 saturated heterocycles. The van der Waals surface area contributed by atoms with Crippen molar-refractivity contribution in [2.24, 2.45) is 11.6 Å². The standard InChI is InChI=1S/C17H25N3O3/c1-22-14-11-13(16(21)20-19)10-12(15(14)23-2)6-9-17(18)7-4-3-5-8-17/h6,9-11H,3-5,7-8,18-19H2,1-2H3,(H,20,21). The monoisotopic (exact) mass is 319 g/mol. The summed E-state index contributed by atoms with van der Waals surface area (Å²) in [6, 6.07) is 3.31. The van der Waals surface area contributed by atoms with Gasteiger partial charge >= 0.3 is 0 Å². The minimum absolute atomic E-state index is 0.303. The molecule has 2 rings (SSSR count). The molecule has 0 atom stereocenters. The lowest BCUT2D eigenvalue weighted by Gasteiger charge is -2.30. The Balaban J connectivity index is 2.40. The second kappa shape index (κ2) is 7.48. The molecule has 0 unspecified atom stereocenters. The largest absolute Gasteiger partial charge is 0.493 e. The lowest BCUT2D eigenvalue weighted by atomic mass is 9.82. The van der Waals surface area contributed by atoms with E-state index in [4.69, 9.17) is 21.1 Å². The zero-order chi connectivity index (χ0) is 16.9. The van der Waals surface area contributed by atoms with Gasteiger partial charge in [0.15, 0.2) is 11.5 Å². The van der Waals surface area contributed by atoms with E-state index in [1.54, 1.807) is 19.2 Å². The quantitative estimate of drug-likeness (QED) is 0.438. The second-order valence-electron chi connectivity index (χ2n) is 5.90. The first kappa shape index (κ1) is 17.3. The second-order valence-corrected chi connectivity index (χ2v) is 5.90. The van der Waals surface area contributed by atoms with E-state index in [0.717, 1.165) is 31.2 Å². The third kappa shape index (κ3) is 4.03. The third-order valence-corrected chi connectivity index (χ3v) is 4.28. The summed E-state index contributed by atoms with van der Waals surface area (Å²) in [6.07, 6.45) is 9.34. The van der Waals surface area contributed by atoms with Gasteiger partial charge in [-0.05, 0) is 25.0 Å². The van der Waals surface area contributed by atoms with Crippen molar-refractivity contribution in [1.82, 2.24) is 5.43 Å². The fraction of sp³-hybridized carbons (Fsp3) is 0.471. The van der Waals surface area contributed by atoms with E-state index in [1.165, 1.54) is 13.5 Å². The Morgan fingerprint density at radius 3 is 2.48 bits per heavy atom. The molecule has 6 heteroatoms. The van der Waals surface area contributed by atoms with Gasteiger partial charge in [-0.2, -0.15) is 0 Å². The molecule has 1 fully saturated rings. The number of hydrazine groups is 1. The van der Waals surface area contributed by atoms with Crippen LogP contribution in [-0.4, -0.2) is 25.7 Å². The van der Waals surface area contributed by atoms with Gasteiger partial charge in [-0.25, -0.2) is 5.84 Å². The maximum Gasteiger partial charge on any atom is 0.265 e. The van der Waals surface area contributed by atoms with Crippen molar-refractivity contribution < 1.29 is 14.3 Å². The number of ether oxygens (including phenoxy) is 2. The molecule has 0 bridgehead atoms. The first-order valence-electron chi connectivity index (χ1n) is 7.78. The average Bonchev–Trinajstić information content (AvgIpc) is 2.58.